The molecule has 0 radical (unpaired) electrons. The number of nitrogens with one attached hydrogen (secondary N) is 2. The molecule has 0 saturated heterocycles. The van der Waals surface area contributed by atoms with Gasteiger partial charge in [0.25, 0.3) is 5.91 Å². The van der Waals surface area contributed by atoms with Gasteiger partial charge < -0.3 is 9.15 Å². The number of furan rings is 1. The van der Waals surface area contributed by atoms with Gasteiger partial charge in [-0.25, -0.2) is 0 Å². The first-order chi connectivity index (χ1) is 10.6. The second-order valence-corrected chi connectivity index (χ2v) is 4.36. The minimum atomic E-state index is -0.547. The molecule has 1 aromatic carbocycles. The third kappa shape index (κ3) is 3.86. The molecule has 7 nitrogen and oxygen atoms in total. The van der Waals surface area contributed by atoms with Crippen molar-refractivity contribution in [1.29, 1.82) is 5.26 Å². The van der Waals surface area contributed by atoms with E-state index in [0.717, 1.165) is 0 Å². The van der Waals surface area contributed by atoms with E-state index in [-0.39, 0.29) is 12.4 Å². The quantitative estimate of drug-likeness (QED) is 0.828. The molecule has 0 spiro atoms. The van der Waals surface area contributed by atoms with Crippen LogP contribution in [0.4, 0.5) is 0 Å². The van der Waals surface area contributed by atoms with Crippen molar-refractivity contribution in [1.82, 2.24) is 10.9 Å². The summed E-state index contributed by atoms with van der Waals surface area (Å²) in [5.74, 6) is -0.494. The molecule has 2 amide bonds. The predicted octanol–water partition coefficient (Wildman–Crippen LogP) is 1.30. The minimum Gasteiger partial charge on any atom is -0.484 e. The number of benzene rings is 1. The molecular weight excluding hydrogens is 286 g/mol. The summed E-state index contributed by atoms with van der Waals surface area (Å²) in [5.41, 5.74) is 5.61. The maximum Gasteiger partial charge on any atom is 0.305 e. The molecular formula is C15H13N3O4. The van der Waals surface area contributed by atoms with Gasteiger partial charge in [-0.15, -0.1) is 0 Å². The highest BCUT2D eigenvalue weighted by molar-refractivity contribution is 5.94. The normalized spacial score (nSPS) is 9.64. The van der Waals surface area contributed by atoms with E-state index >= 15 is 0 Å². The fraction of sp³-hybridized carbons (Fsp3) is 0.133. The summed E-state index contributed by atoms with van der Waals surface area (Å²) in [5, 5.41) is 8.66. The minimum absolute atomic E-state index is 0.133. The van der Waals surface area contributed by atoms with Gasteiger partial charge in [-0.2, -0.15) is 5.26 Å². The Kier molecular flexibility index (Phi) is 4.78. The van der Waals surface area contributed by atoms with Crippen molar-refractivity contribution in [2.24, 2.45) is 0 Å². The van der Waals surface area contributed by atoms with Crippen LogP contribution in [0.3, 0.4) is 0 Å². The van der Waals surface area contributed by atoms with Crippen LogP contribution in [0.5, 0.6) is 5.75 Å². The van der Waals surface area contributed by atoms with E-state index < -0.39 is 11.8 Å². The lowest BCUT2D eigenvalue weighted by Gasteiger charge is -2.08. The first-order valence-electron chi connectivity index (χ1n) is 6.36. The summed E-state index contributed by atoms with van der Waals surface area (Å²) in [7, 11) is 0. The number of aryl methyl sites for hydroxylation is 1. The molecule has 2 N–H and O–H groups in total. The van der Waals surface area contributed by atoms with E-state index in [9.17, 15) is 9.59 Å². The van der Waals surface area contributed by atoms with Crippen LogP contribution in [-0.4, -0.2) is 18.4 Å². The summed E-state index contributed by atoms with van der Waals surface area (Å²) in [4.78, 5) is 23.2. The van der Waals surface area contributed by atoms with E-state index in [4.69, 9.17) is 14.4 Å². The summed E-state index contributed by atoms with van der Waals surface area (Å²) < 4.78 is 10.2. The van der Waals surface area contributed by atoms with Gasteiger partial charge in [0, 0.05) is 5.56 Å². The van der Waals surface area contributed by atoms with Gasteiger partial charge in [0.2, 0.25) is 0 Å². The van der Waals surface area contributed by atoms with E-state index in [1.165, 1.54) is 6.26 Å². The highest BCUT2D eigenvalue weighted by Gasteiger charge is 2.13. The lowest BCUT2D eigenvalue weighted by Crippen LogP contribution is -2.43. The Morgan fingerprint density at radius 1 is 1.23 bits per heavy atom. The summed E-state index contributed by atoms with van der Waals surface area (Å²) in [6, 6.07) is 9.94. The molecule has 0 aliphatic carbocycles. The highest BCUT2D eigenvalue weighted by atomic mass is 16.5. The molecule has 112 valence electrons. The van der Waals surface area contributed by atoms with Gasteiger partial charge in [-0.3, -0.25) is 20.4 Å². The lowest BCUT2D eigenvalue weighted by atomic mass is 10.2. The largest absolute Gasteiger partial charge is 0.484 e. The first-order valence-corrected chi connectivity index (χ1v) is 6.36. The fourth-order valence-corrected chi connectivity index (χ4v) is 1.60. The molecule has 0 aliphatic heterocycles. The molecule has 1 heterocycles. The van der Waals surface area contributed by atoms with Crippen LogP contribution in [0.25, 0.3) is 0 Å². The zero-order valence-electron chi connectivity index (χ0n) is 11.8. The number of hydrogen-bond donors (Lipinski definition) is 2. The molecule has 0 unspecified atom stereocenters. The van der Waals surface area contributed by atoms with Crippen LogP contribution in [0, 0.1) is 18.3 Å². The average molecular weight is 299 g/mol. The number of rotatable bonds is 4. The van der Waals surface area contributed by atoms with Crippen molar-refractivity contribution in [2.75, 3.05) is 6.61 Å². The Morgan fingerprint density at radius 2 is 1.95 bits per heavy atom. The molecule has 22 heavy (non-hydrogen) atoms. The van der Waals surface area contributed by atoms with Crippen molar-refractivity contribution >= 4 is 11.8 Å². The number of carbonyl (C=O) groups is 2. The first kappa shape index (κ1) is 15.1. The van der Waals surface area contributed by atoms with Gasteiger partial charge >= 0.3 is 5.91 Å². The summed E-state index contributed by atoms with van der Waals surface area (Å²) in [6.07, 6.45) is 1.39. The number of hydrazine groups is 1. The summed E-state index contributed by atoms with van der Waals surface area (Å²) in [6.45, 7) is 1.44. The SMILES string of the molecule is Cc1ccoc1C(=O)NNC(=O)COc1ccc(C#N)cc1. The second-order valence-electron chi connectivity index (χ2n) is 4.36. The Labute approximate surface area is 126 Å². The van der Waals surface area contributed by atoms with Gasteiger partial charge in [0.05, 0.1) is 17.9 Å². The van der Waals surface area contributed by atoms with Crippen molar-refractivity contribution in [3.63, 3.8) is 0 Å². The molecule has 0 fully saturated rings. The van der Waals surface area contributed by atoms with Crippen molar-refractivity contribution in [2.45, 2.75) is 6.92 Å². The van der Waals surface area contributed by atoms with Crippen molar-refractivity contribution < 1.29 is 18.7 Å². The van der Waals surface area contributed by atoms with Crippen molar-refractivity contribution in [3.8, 4) is 11.8 Å². The molecule has 0 aliphatic rings. The van der Waals surface area contributed by atoms with E-state index in [1.54, 1.807) is 37.3 Å². The molecule has 1 aromatic heterocycles. The zero-order valence-corrected chi connectivity index (χ0v) is 11.8. The average Bonchev–Trinajstić information content (AvgIpc) is 2.97. The van der Waals surface area contributed by atoms with Crippen LogP contribution < -0.4 is 15.6 Å². The number of amides is 2. The van der Waals surface area contributed by atoms with E-state index in [2.05, 4.69) is 10.9 Å². The van der Waals surface area contributed by atoms with E-state index in [1.807, 2.05) is 6.07 Å². The second kappa shape index (κ2) is 6.95. The van der Waals surface area contributed by atoms with Crippen LogP contribution in [0.15, 0.2) is 41.0 Å². The molecule has 0 atom stereocenters. The Hall–Kier alpha value is -3.27. The van der Waals surface area contributed by atoms with Gasteiger partial charge in [-0.05, 0) is 37.3 Å². The summed E-state index contributed by atoms with van der Waals surface area (Å²) >= 11 is 0. The monoisotopic (exact) mass is 299 g/mol. The van der Waals surface area contributed by atoms with Crippen molar-refractivity contribution in [3.05, 3.63) is 53.5 Å². The van der Waals surface area contributed by atoms with E-state index in [0.29, 0.717) is 16.9 Å². The lowest BCUT2D eigenvalue weighted by molar-refractivity contribution is -0.123. The number of nitriles is 1. The van der Waals surface area contributed by atoms with Crippen LogP contribution in [0.2, 0.25) is 0 Å². The zero-order chi connectivity index (χ0) is 15.9. The van der Waals surface area contributed by atoms with Crippen LogP contribution in [-0.2, 0) is 4.79 Å². The molecule has 0 bridgehead atoms. The standard InChI is InChI=1S/C15H13N3O4/c1-10-6-7-21-14(10)15(20)18-17-13(19)9-22-12-4-2-11(8-16)3-5-12/h2-7H,9H2,1H3,(H,17,19)(H,18,20). The Balaban J connectivity index is 1.77. The van der Waals surface area contributed by atoms with Crippen LogP contribution in [0.1, 0.15) is 21.7 Å². The number of nitrogens with zero attached hydrogens (tertiary/aromatic N) is 1. The molecule has 0 saturated carbocycles. The fourth-order valence-electron chi connectivity index (χ4n) is 1.60. The Morgan fingerprint density at radius 3 is 2.55 bits per heavy atom. The molecule has 2 rings (SSSR count). The topological polar surface area (TPSA) is 104 Å². The molecule has 7 heteroatoms. The Bertz CT molecular complexity index is 713. The van der Waals surface area contributed by atoms with Gasteiger partial charge in [0.1, 0.15) is 5.75 Å². The molecule has 2 aromatic rings. The number of carbonyl (C=O) groups excluding carboxylic acids is 2. The number of ether oxygens (including phenoxy) is 1. The third-order valence-electron chi connectivity index (χ3n) is 2.74. The highest BCUT2D eigenvalue weighted by Crippen LogP contribution is 2.11. The predicted molar refractivity (Wildman–Crippen MR) is 75.7 cm³/mol. The van der Waals surface area contributed by atoms with Gasteiger partial charge in [-0.1, -0.05) is 0 Å². The van der Waals surface area contributed by atoms with Crippen LogP contribution >= 0.6 is 0 Å². The van der Waals surface area contributed by atoms with Gasteiger partial charge in [0.15, 0.2) is 12.4 Å². The third-order valence-corrected chi connectivity index (χ3v) is 2.74. The maximum absolute atomic E-state index is 11.7. The number of hydrogen-bond acceptors (Lipinski definition) is 5. The smallest absolute Gasteiger partial charge is 0.305 e. The maximum atomic E-state index is 11.7.